The maximum Gasteiger partial charge on any atom is 0.264 e. The van der Waals surface area contributed by atoms with Crippen molar-refractivity contribution in [2.24, 2.45) is 0 Å². The molecule has 1 unspecified atom stereocenters. The van der Waals surface area contributed by atoms with Crippen LogP contribution in [-0.4, -0.2) is 44.3 Å². The van der Waals surface area contributed by atoms with E-state index in [2.05, 4.69) is 21.2 Å². The molecule has 0 radical (unpaired) electrons. The van der Waals surface area contributed by atoms with Gasteiger partial charge < -0.3 is 10.2 Å². The highest BCUT2D eigenvalue weighted by Gasteiger charge is 2.34. The maximum absolute atomic E-state index is 14.5. The Labute approximate surface area is 283 Å². The molecular formula is C34H34BrCl2N3O4S. The van der Waals surface area contributed by atoms with Gasteiger partial charge in [0.2, 0.25) is 11.8 Å². The lowest BCUT2D eigenvalue weighted by molar-refractivity contribution is -0.140. The molecule has 0 fully saturated rings. The number of sulfonamides is 1. The number of hydrogen-bond acceptors (Lipinski definition) is 4. The Balaban J connectivity index is 1.81. The van der Waals surface area contributed by atoms with E-state index in [0.717, 1.165) is 25.5 Å². The fourth-order valence-corrected chi connectivity index (χ4v) is 6.93. The van der Waals surface area contributed by atoms with Crippen LogP contribution in [-0.2, 0) is 32.6 Å². The fraction of sp³-hybridized carbons (Fsp3) is 0.235. The third-order valence-corrected chi connectivity index (χ3v) is 9.86. The van der Waals surface area contributed by atoms with E-state index in [1.807, 2.05) is 68.4 Å². The first kappa shape index (κ1) is 34.5. The minimum Gasteiger partial charge on any atom is -0.354 e. The van der Waals surface area contributed by atoms with Gasteiger partial charge in [0.05, 0.1) is 10.6 Å². The second-order valence-electron chi connectivity index (χ2n) is 10.6. The molecular weight excluding hydrogens is 697 g/mol. The van der Waals surface area contributed by atoms with Gasteiger partial charge in [-0.05, 0) is 66.9 Å². The molecule has 11 heteroatoms. The zero-order valence-corrected chi connectivity index (χ0v) is 28.8. The molecule has 1 atom stereocenters. The predicted molar refractivity (Wildman–Crippen MR) is 184 cm³/mol. The first-order chi connectivity index (χ1) is 21.5. The van der Waals surface area contributed by atoms with E-state index in [-0.39, 0.29) is 39.5 Å². The molecule has 0 aliphatic rings. The van der Waals surface area contributed by atoms with E-state index < -0.39 is 28.5 Å². The highest BCUT2D eigenvalue weighted by atomic mass is 79.9. The lowest BCUT2D eigenvalue weighted by Gasteiger charge is -2.34. The topological polar surface area (TPSA) is 86.8 Å². The third kappa shape index (κ3) is 9.33. The highest BCUT2D eigenvalue weighted by molar-refractivity contribution is 9.10. The van der Waals surface area contributed by atoms with E-state index in [0.29, 0.717) is 13.0 Å². The molecule has 0 aliphatic carbocycles. The summed E-state index contributed by atoms with van der Waals surface area (Å²) in [5.41, 5.74) is 2.63. The quantitative estimate of drug-likeness (QED) is 0.155. The summed E-state index contributed by atoms with van der Waals surface area (Å²) in [5, 5.41) is 3.36. The normalized spacial score (nSPS) is 11.9. The number of carbonyl (C=O) groups is 2. The van der Waals surface area contributed by atoms with E-state index in [1.54, 1.807) is 12.1 Å². The summed E-state index contributed by atoms with van der Waals surface area (Å²) in [7, 11) is -4.27. The van der Waals surface area contributed by atoms with Gasteiger partial charge in [0.1, 0.15) is 12.6 Å². The van der Waals surface area contributed by atoms with Crippen molar-refractivity contribution in [3.63, 3.8) is 0 Å². The molecule has 0 saturated heterocycles. The van der Waals surface area contributed by atoms with Crippen LogP contribution in [0.2, 0.25) is 10.0 Å². The van der Waals surface area contributed by atoms with Crippen LogP contribution >= 0.6 is 39.1 Å². The molecule has 1 N–H and O–H groups in total. The lowest BCUT2D eigenvalue weighted by Crippen LogP contribution is -2.53. The van der Waals surface area contributed by atoms with Crippen LogP contribution in [0.25, 0.3) is 0 Å². The summed E-state index contributed by atoms with van der Waals surface area (Å²) in [6, 6.07) is 26.6. The van der Waals surface area contributed by atoms with Gasteiger partial charge in [-0.25, -0.2) is 8.42 Å². The van der Waals surface area contributed by atoms with E-state index >= 15 is 0 Å². The van der Waals surface area contributed by atoms with Gasteiger partial charge in [0.25, 0.3) is 10.0 Å². The van der Waals surface area contributed by atoms with E-state index in [9.17, 15) is 18.0 Å². The molecule has 7 nitrogen and oxygen atoms in total. The molecule has 2 amide bonds. The molecule has 0 aliphatic heterocycles. The first-order valence-electron chi connectivity index (χ1n) is 14.4. The SMILES string of the molecule is CCCNC(=O)C(Cc1ccccc1)N(Cc1ccc(Br)cc1)C(=O)CN(c1cc(Cl)cc(Cl)c1)S(=O)(=O)c1ccc(C)cc1. The summed E-state index contributed by atoms with van der Waals surface area (Å²) in [4.78, 5) is 29.6. The summed E-state index contributed by atoms with van der Waals surface area (Å²) < 4.78 is 30.1. The van der Waals surface area contributed by atoms with Crippen molar-refractivity contribution in [1.29, 1.82) is 0 Å². The zero-order valence-electron chi connectivity index (χ0n) is 24.9. The van der Waals surface area contributed by atoms with Crippen molar-refractivity contribution in [3.8, 4) is 0 Å². The molecule has 0 saturated carbocycles. The number of benzene rings is 4. The van der Waals surface area contributed by atoms with Crippen molar-refractivity contribution >= 4 is 66.7 Å². The van der Waals surface area contributed by atoms with Crippen molar-refractivity contribution in [1.82, 2.24) is 10.2 Å². The minimum absolute atomic E-state index is 0.00187. The average molecular weight is 732 g/mol. The molecule has 0 heterocycles. The van der Waals surface area contributed by atoms with Gasteiger partial charge >= 0.3 is 0 Å². The molecule has 0 spiro atoms. The van der Waals surface area contributed by atoms with Crippen LogP contribution < -0.4 is 9.62 Å². The Kier molecular flexibility index (Phi) is 12.1. The van der Waals surface area contributed by atoms with Crippen molar-refractivity contribution < 1.29 is 18.0 Å². The van der Waals surface area contributed by atoms with Crippen LogP contribution in [0.4, 0.5) is 5.69 Å². The second-order valence-corrected chi connectivity index (χ2v) is 14.2. The molecule has 236 valence electrons. The van der Waals surface area contributed by atoms with Crippen molar-refractivity contribution in [3.05, 3.63) is 128 Å². The highest BCUT2D eigenvalue weighted by Crippen LogP contribution is 2.30. The van der Waals surface area contributed by atoms with Crippen LogP contribution in [0.5, 0.6) is 0 Å². The van der Waals surface area contributed by atoms with Gasteiger partial charge in [-0.1, -0.05) is 106 Å². The smallest absolute Gasteiger partial charge is 0.264 e. The van der Waals surface area contributed by atoms with E-state index in [1.165, 1.54) is 35.2 Å². The molecule has 0 bridgehead atoms. The third-order valence-electron chi connectivity index (χ3n) is 7.11. The average Bonchev–Trinajstić information content (AvgIpc) is 3.01. The lowest BCUT2D eigenvalue weighted by atomic mass is 10.0. The summed E-state index contributed by atoms with van der Waals surface area (Å²) in [6.45, 7) is 3.69. The first-order valence-corrected chi connectivity index (χ1v) is 17.4. The van der Waals surface area contributed by atoms with E-state index in [4.69, 9.17) is 23.2 Å². The molecule has 4 aromatic rings. The van der Waals surface area contributed by atoms with Gasteiger partial charge in [-0.3, -0.25) is 13.9 Å². The van der Waals surface area contributed by atoms with Crippen molar-refractivity contribution in [2.75, 3.05) is 17.4 Å². The number of aryl methyl sites for hydroxylation is 1. The van der Waals surface area contributed by atoms with Crippen LogP contribution in [0.3, 0.4) is 0 Å². The predicted octanol–water partition coefficient (Wildman–Crippen LogP) is 7.43. The number of halogens is 3. The Morgan fingerprint density at radius 2 is 1.49 bits per heavy atom. The van der Waals surface area contributed by atoms with Crippen LogP contribution in [0.1, 0.15) is 30.0 Å². The number of rotatable bonds is 13. The Morgan fingerprint density at radius 3 is 2.09 bits per heavy atom. The zero-order chi connectivity index (χ0) is 32.6. The number of carbonyl (C=O) groups excluding carboxylic acids is 2. The molecule has 4 aromatic carbocycles. The summed E-state index contributed by atoms with van der Waals surface area (Å²) in [6.07, 6.45) is 0.939. The largest absolute Gasteiger partial charge is 0.354 e. The van der Waals surface area contributed by atoms with Gasteiger partial charge in [0.15, 0.2) is 0 Å². The van der Waals surface area contributed by atoms with Crippen LogP contribution in [0, 0.1) is 6.92 Å². The molecule has 4 rings (SSSR count). The number of hydrogen-bond donors (Lipinski definition) is 1. The number of nitrogens with zero attached hydrogens (tertiary/aromatic N) is 2. The van der Waals surface area contributed by atoms with Crippen LogP contribution in [0.15, 0.2) is 106 Å². The standard InChI is InChI=1S/C34H34BrCl2N3O4S/c1-3-17-38-34(42)32(18-25-7-5-4-6-8-25)39(22-26-11-13-27(35)14-12-26)33(41)23-40(30-20-28(36)19-29(37)21-30)45(43,44)31-15-9-24(2)10-16-31/h4-16,19-21,32H,3,17-18,22-23H2,1-2H3,(H,38,42). The summed E-state index contributed by atoms with van der Waals surface area (Å²) >= 11 is 16.1. The maximum atomic E-state index is 14.5. The second kappa shape index (κ2) is 15.8. The minimum atomic E-state index is -4.27. The van der Waals surface area contributed by atoms with Gasteiger partial charge in [0, 0.05) is 34.0 Å². The number of amides is 2. The Bertz CT molecular complexity index is 1700. The monoisotopic (exact) mass is 729 g/mol. The number of nitrogens with one attached hydrogen (secondary N) is 1. The Hall–Kier alpha value is -3.37. The van der Waals surface area contributed by atoms with Crippen molar-refractivity contribution in [2.45, 2.75) is 44.2 Å². The van der Waals surface area contributed by atoms with Gasteiger partial charge in [-0.15, -0.1) is 0 Å². The molecule has 45 heavy (non-hydrogen) atoms. The Morgan fingerprint density at radius 1 is 0.867 bits per heavy atom. The number of anilines is 1. The fourth-order valence-electron chi connectivity index (χ4n) is 4.76. The molecule has 0 aromatic heterocycles. The van der Waals surface area contributed by atoms with Gasteiger partial charge in [-0.2, -0.15) is 0 Å². The summed E-state index contributed by atoms with van der Waals surface area (Å²) in [5.74, 6) is -0.901.